The molecule has 0 heterocycles. The molecule has 4 saturated carbocycles. The molecule has 4 aliphatic rings. The van der Waals surface area contributed by atoms with Gasteiger partial charge in [-0.3, -0.25) is 0 Å². The summed E-state index contributed by atoms with van der Waals surface area (Å²) in [4.78, 5) is 23.4. The van der Waals surface area contributed by atoms with E-state index in [2.05, 4.69) is 4.74 Å². The summed E-state index contributed by atoms with van der Waals surface area (Å²) < 4.78 is 85.0. The van der Waals surface area contributed by atoms with Crippen molar-refractivity contribution in [1.29, 1.82) is 0 Å². The number of hydrogen-bond donors (Lipinski definition) is 1. The van der Waals surface area contributed by atoms with Crippen molar-refractivity contribution in [2.75, 3.05) is 6.61 Å². The van der Waals surface area contributed by atoms with Crippen molar-refractivity contribution < 1.29 is 50.5 Å². The molecular formula is C17H20F6O5. The van der Waals surface area contributed by atoms with Gasteiger partial charge in [-0.05, 0) is 62.7 Å². The summed E-state index contributed by atoms with van der Waals surface area (Å²) in [5.41, 5.74) is -6.60. The molecule has 5 nitrogen and oxygen atoms in total. The highest BCUT2D eigenvalue weighted by atomic mass is 19.4. The summed E-state index contributed by atoms with van der Waals surface area (Å²) in [5, 5.41) is 8.93. The van der Waals surface area contributed by atoms with Gasteiger partial charge >= 0.3 is 29.9 Å². The first-order chi connectivity index (χ1) is 12.7. The Morgan fingerprint density at radius 1 is 0.929 bits per heavy atom. The zero-order valence-electron chi connectivity index (χ0n) is 14.9. The molecule has 4 aliphatic carbocycles. The smallest absolute Gasteiger partial charge is 0.437 e. The number of ether oxygens (including phenoxy) is 2. The number of hydrogen-bond acceptors (Lipinski definition) is 5. The van der Waals surface area contributed by atoms with E-state index < -0.39 is 42.1 Å². The predicted molar refractivity (Wildman–Crippen MR) is 79.6 cm³/mol. The zero-order valence-corrected chi connectivity index (χ0v) is 14.9. The van der Waals surface area contributed by atoms with Crippen molar-refractivity contribution >= 4 is 11.9 Å². The number of alkyl halides is 6. The molecule has 1 N–H and O–H groups in total. The molecule has 160 valence electrons. The van der Waals surface area contributed by atoms with Crippen molar-refractivity contribution in [2.24, 2.45) is 23.7 Å². The molecule has 0 radical (unpaired) electrons. The van der Waals surface area contributed by atoms with Crippen molar-refractivity contribution in [3.63, 3.8) is 0 Å². The van der Waals surface area contributed by atoms with E-state index in [1.807, 2.05) is 0 Å². The quantitative estimate of drug-likeness (QED) is 0.561. The van der Waals surface area contributed by atoms with Crippen molar-refractivity contribution in [2.45, 2.75) is 62.6 Å². The summed E-state index contributed by atoms with van der Waals surface area (Å²) in [6, 6.07) is 0. The van der Waals surface area contributed by atoms with Gasteiger partial charge in [0.25, 0.3) is 0 Å². The summed E-state index contributed by atoms with van der Waals surface area (Å²) in [7, 11) is 0. The Hall–Kier alpha value is -1.52. The van der Waals surface area contributed by atoms with E-state index in [0.717, 1.165) is 32.1 Å². The molecule has 28 heavy (non-hydrogen) atoms. The van der Waals surface area contributed by atoms with E-state index in [-0.39, 0.29) is 11.8 Å². The van der Waals surface area contributed by atoms with Crippen LogP contribution in [0.15, 0.2) is 0 Å². The number of aliphatic hydroxyl groups is 1. The first-order valence-corrected chi connectivity index (χ1v) is 8.93. The average Bonchev–Trinajstić information content (AvgIpc) is 2.54. The molecule has 0 aliphatic heterocycles. The van der Waals surface area contributed by atoms with Crippen LogP contribution in [0.25, 0.3) is 0 Å². The molecule has 11 heteroatoms. The Kier molecular flexibility index (Phi) is 4.92. The summed E-state index contributed by atoms with van der Waals surface area (Å²) in [6.07, 6.45) is -8.21. The molecular weight excluding hydrogens is 398 g/mol. The third-order valence-corrected chi connectivity index (χ3v) is 6.53. The van der Waals surface area contributed by atoms with Crippen LogP contribution in [0.2, 0.25) is 0 Å². The van der Waals surface area contributed by atoms with Crippen molar-refractivity contribution in [3.8, 4) is 0 Å². The van der Waals surface area contributed by atoms with Crippen LogP contribution in [0.1, 0.15) is 39.0 Å². The second-order valence-corrected chi connectivity index (χ2v) is 8.24. The van der Waals surface area contributed by atoms with Gasteiger partial charge in [-0.25, -0.2) is 9.59 Å². The standard InChI is InChI=1S/C17H20F6O5/c1-14(10-3-8-2-9(5-10)6-11(14)4-8)28-12(24)7-27-13(25)15(26,16(18,19)20)17(21,22)23/h8-11,26H,2-7H2,1H3. The fourth-order valence-electron chi connectivity index (χ4n) is 5.18. The van der Waals surface area contributed by atoms with Crippen LogP contribution in [0.4, 0.5) is 26.3 Å². The topological polar surface area (TPSA) is 72.8 Å². The highest BCUT2D eigenvalue weighted by molar-refractivity contribution is 5.84. The normalized spacial score (nSPS) is 35.0. The molecule has 0 aromatic heterocycles. The number of halogens is 6. The van der Waals surface area contributed by atoms with Gasteiger partial charge in [0, 0.05) is 0 Å². The van der Waals surface area contributed by atoms with Crippen LogP contribution in [0, 0.1) is 23.7 Å². The second kappa shape index (κ2) is 6.50. The molecule has 4 fully saturated rings. The minimum Gasteiger partial charge on any atom is -0.456 e. The maximum absolute atomic E-state index is 12.6. The Bertz CT molecular complexity index is 613. The molecule has 0 unspecified atom stereocenters. The number of carbonyl (C=O) groups excluding carboxylic acids is 2. The molecule has 4 rings (SSSR count). The molecule has 0 saturated heterocycles. The lowest BCUT2D eigenvalue weighted by Crippen LogP contribution is -2.63. The lowest BCUT2D eigenvalue weighted by Gasteiger charge is -2.59. The zero-order chi connectivity index (χ0) is 21.1. The Balaban J connectivity index is 1.63. The third-order valence-electron chi connectivity index (χ3n) is 6.53. The van der Waals surface area contributed by atoms with Crippen LogP contribution < -0.4 is 0 Å². The Morgan fingerprint density at radius 3 is 1.75 bits per heavy atom. The van der Waals surface area contributed by atoms with Gasteiger partial charge in [-0.15, -0.1) is 0 Å². The SMILES string of the molecule is CC1(OC(=O)COC(=O)C(O)(C(F)(F)F)C(F)(F)F)C2CC3CC(C2)CC1C3. The van der Waals surface area contributed by atoms with E-state index >= 15 is 0 Å². The molecule has 0 spiro atoms. The van der Waals surface area contributed by atoms with E-state index in [9.17, 15) is 35.9 Å². The molecule has 0 atom stereocenters. The number of rotatable bonds is 4. The fourth-order valence-corrected chi connectivity index (χ4v) is 5.18. The van der Waals surface area contributed by atoms with Gasteiger partial charge in [0.1, 0.15) is 5.60 Å². The monoisotopic (exact) mass is 418 g/mol. The predicted octanol–water partition coefficient (Wildman–Crippen LogP) is 3.14. The van der Waals surface area contributed by atoms with Crippen LogP contribution in [-0.4, -0.2) is 47.2 Å². The minimum absolute atomic E-state index is 0.0608. The van der Waals surface area contributed by atoms with E-state index in [1.165, 1.54) is 0 Å². The Labute approximate surface area is 156 Å². The lowest BCUT2D eigenvalue weighted by molar-refractivity contribution is -0.357. The molecule has 0 amide bonds. The average molecular weight is 418 g/mol. The van der Waals surface area contributed by atoms with Crippen LogP contribution in [0.5, 0.6) is 0 Å². The molecule has 0 aromatic carbocycles. The molecule has 4 bridgehead atoms. The molecule has 0 aromatic rings. The van der Waals surface area contributed by atoms with Gasteiger partial charge in [0.2, 0.25) is 0 Å². The van der Waals surface area contributed by atoms with Gasteiger partial charge in [0.15, 0.2) is 6.61 Å². The summed E-state index contributed by atoms with van der Waals surface area (Å²) >= 11 is 0. The number of carbonyl (C=O) groups is 2. The van der Waals surface area contributed by atoms with E-state index in [4.69, 9.17) is 9.84 Å². The first kappa shape index (κ1) is 21.2. The second-order valence-electron chi connectivity index (χ2n) is 8.24. The Morgan fingerprint density at radius 2 is 1.36 bits per heavy atom. The van der Waals surface area contributed by atoms with Gasteiger partial charge < -0.3 is 14.6 Å². The maximum atomic E-state index is 12.6. The van der Waals surface area contributed by atoms with Gasteiger partial charge in [-0.2, -0.15) is 26.3 Å². The lowest BCUT2D eigenvalue weighted by atomic mass is 9.50. The third kappa shape index (κ3) is 3.25. The fraction of sp³-hybridized carbons (Fsp3) is 0.882. The van der Waals surface area contributed by atoms with E-state index in [0.29, 0.717) is 11.8 Å². The minimum atomic E-state index is -6.36. The van der Waals surface area contributed by atoms with Gasteiger partial charge in [-0.1, -0.05) is 0 Å². The van der Waals surface area contributed by atoms with E-state index in [1.54, 1.807) is 6.92 Å². The number of esters is 2. The van der Waals surface area contributed by atoms with Crippen molar-refractivity contribution in [1.82, 2.24) is 0 Å². The highest BCUT2D eigenvalue weighted by Gasteiger charge is 2.76. The van der Waals surface area contributed by atoms with Crippen molar-refractivity contribution in [3.05, 3.63) is 0 Å². The first-order valence-electron chi connectivity index (χ1n) is 8.93. The van der Waals surface area contributed by atoms with Crippen LogP contribution >= 0.6 is 0 Å². The largest absolute Gasteiger partial charge is 0.456 e. The van der Waals surface area contributed by atoms with Crippen LogP contribution in [-0.2, 0) is 19.1 Å². The highest BCUT2D eigenvalue weighted by Crippen LogP contribution is 2.59. The van der Waals surface area contributed by atoms with Gasteiger partial charge in [0.05, 0.1) is 0 Å². The summed E-state index contributed by atoms with van der Waals surface area (Å²) in [5.74, 6) is -3.05. The maximum Gasteiger partial charge on any atom is 0.437 e. The summed E-state index contributed by atoms with van der Waals surface area (Å²) in [6.45, 7) is 0.261. The van der Waals surface area contributed by atoms with Crippen LogP contribution in [0.3, 0.4) is 0 Å².